The highest BCUT2D eigenvalue weighted by molar-refractivity contribution is 5.79. The number of hydrogen-bond acceptors (Lipinski definition) is 3. The van der Waals surface area contributed by atoms with Crippen molar-refractivity contribution >= 4 is 16.9 Å². The van der Waals surface area contributed by atoms with Crippen molar-refractivity contribution in [2.24, 2.45) is 14.1 Å². The van der Waals surface area contributed by atoms with Crippen LogP contribution in [-0.2, 0) is 25.3 Å². The summed E-state index contributed by atoms with van der Waals surface area (Å²) in [6.07, 6.45) is 5.49. The van der Waals surface area contributed by atoms with Gasteiger partial charge < -0.3 is 9.64 Å². The van der Waals surface area contributed by atoms with Crippen LogP contribution >= 0.6 is 0 Å². The smallest absolute Gasteiger partial charge is 0.328 e. The highest BCUT2D eigenvalue weighted by atomic mass is 16.5. The lowest BCUT2D eigenvalue weighted by Crippen LogP contribution is -2.35. The minimum atomic E-state index is -0.0323. The molecule has 31 heavy (non-hydrogen) atoms. The second kappa shape index (κ2) is 9.00. The van der Waals surface area contributed by atoms with Crippen molar-refractivity contribution in [1.29, 1.82) is 0 Å². The van der Waals surface area contributed by atoms with Gasteiger partial charge in [-0.1, -0.05) is 31.0 Å². The summed E-state index contributed by atoms with van der Waals surface area (Å²) in [4.78, 5) is 27.5. The molecule has 164 valence electrons. The van der Waals surface area contributed by atoms with Crippen molar-refractivity contribution < 1.29 is 9.53 Å². The number of carbonyl (C=O) groups is 1. The Hall–Kier alpha value is -3.02. The molecule has 0 N–H and O–H groups in total. The number of nitrogens with zero attached hydrogens (tertiary/aromatic N) is 3. The van der Waals surface area contributed by atoms with Crippen LogP contribution in [0.3, 0.4) is 0 Å². The first-order chi connectivity index (χ1) is 15.0. The van der Waals surface area contributed by atoms with Crippen molar-refractivity contribution in [1.82, 2.24) is 14.0 Å². The van der Waals surface area contributed by atoms with E-state index < -0.39 is 0 Å². The summed E-state index contributed by atoms with van der Waals surface area (Å²) in [5.74, 6) is 1.03. The SMILES string of the molecule is COc1ccc([C@H]2CCCCCN2C(=O)CCc2ccc3c(c2)n(C)c(=O)n3C)cc1. The molecular formula is C25H31N3O3. The van der Waals surface area contributed by atoms with Crippen molar-refractivity contribution in [2.75, 3.05) is 13.7 Å². The summed E-state index contributed by atoms with van der Waals surface area (Å²) < 4.78 is 8.60. The van der Waals surface area contributed by atoms with Gasteiger partial charge in [-0.25, -0.2) is 4.79 Å². The monoisotopic (exact) mass is 421 g/mol. The Labute approximate surface area is 183 Å². The van der Waals surface area contributed by atoms with Gasteiger partial charge in [0.15, 0.2) is 0 Å². The lowest BCUT2D eigenvalue weighted by atomic mass is 10.00. The fourth-order valence-corrected chi connectivity index (χ4v) is 4.68. The van der Waals surface area contributed by atoms with Crippen LogP contribution in [-0.4, -0.2) is 33.6 Å². The molecule has 2 aromatic carbocycles. The van der Waals surface area contributed by atoms with Crippen molar-refractivity contribution in [3.8, 4) is 5.75 Å². The number of carbonyl (C=O) groups excluding carboxylic acids is 1. The first-order valence-electron chi connectivity index (χ1n) is 11.1. The van der Waals surface area contributed by atoms with Gasteiger partial charge in [0.05, 0.1) is 24.2 Å². The molecule has 0 bridgehead atoms. The molecule has 0 saturated carbocycles. The normalized spacial score (nSPS) is 17.0. The zero-order valence-corrected chi connectivity index (χ0v) is 18.6. The van der Waals surface area contributed by atoms with Crippen LogP contribution in [0.4, 0.5) is 0 Å². The Bertz CT molecular complexity index is 1130. The molecule has 1 saturated heterocycles. The number of fused-ring (bicyclic) bond motifs is 1. The Morgan fingerprint density at radius 1 is 1.00 bits per heavy atom. The molecule has 2 heterocycles. The first kappa shape index (κ1) is 21.2. The summed E-state index contributed by atoms with van der Waals surface area (Å²) >= 11 is 0. The fraction of sp³-hybridized carbons (Fsp3) is 0.440. The van der Waals surface area contributed by atoms with E-state index in [2.05, 4.69) is 17.0 Å². The van der Waals surface area contributed by atoms with Crippen LogP contribution < -0.4 is 10.4 Å². The van der Waals surface area contributed by atoms with Crippen LogP contribution in [0.1, 0.15) is 49.3 Å². The van der Waals surface area contributed by atoms with Gasteiger partial charge in [0, 0.05) is 27.1 Å². The number of benzene rings is 2. The third-order valence-corrected chi connectivity index (χ3v) is 6.54. The number of likely N-dealkylation sites (tertiary alicyclic amines) is 1. The molecule has 4 rings (SSSR count). The Morgan fingerprint density at radius 3 is 2.48 bits per heavy atom. The van der Waals surface area contributed by atoms with Crippen molar-refractivity contribution in [2.45, 2.75) is 44.6 Å². The summed E-state index contributed by atoms with van der Waals surface area (Å²) in [6.45, 7) is 0.807. The van der Waals surface area contributed by atoms with Crippen molar-refractivity contribution in [3.63, 3.8) is 0 Å². The molecule has 3 aromatic rings. The molecule has 1 atom stereocenters. The van der Waals surface area contributed by atoms with E-state index in [9.17, 15) is 9.59 Å². The van der Waals surface area contributed by atoms with Gasteiger partial charge in [0.2, 0.25) is 5.91 Å². The maximum atomic E-state index is 13.3. The van der Waals surface area contributed by atoms with E-state index in [-0.39, 0.29) is 17.6 Å². The van der Waals surface area contributed by atoms with Gasteiger partial charge >= 0.3 is 5.69 Å². The number of ether oxygens (including phenoxy) is 1. The third-order valence-electron chi connectivity index (χ3n) is 6.54. The second-order valence-electron chi connectivity index (χ2n) is 8.45. The largest absolute Gasteiger partial charge is 0.497 e. The van der Waals surface area contributed by atoms with E-state index in [1.54, 1.807) is 30.3 Å². The minimum Gasteiger partial charge on any atom is -0.497 e. The predicted molar refractivity (Wildman–Crippen MR) is 122 cm³/mol. The topological polar surface area (TPSA) is 56.5 Å². The molecule has 1 aliphatic heterocycles. The van der Waals surface area contributed by atoms with E-state index in [1.165, 1.54) is 5.56 Å². The molecule has 0 spiro atoms. The first-order valence-corrected chi connectivity index (χ1v) is 11.1. The summed E-state index contributed by atoms with van der Waals surface area (Å²) in [5.41, 5.74) is 4.04. The average Bonchev–Trinajstić information content (AvgIpc) is 2.98. The number of aryl methyl sites for hydroxylation is 3. The number of methoxy groups -OCH3 is 1. The molecule has 1 fully saturated rings. The van der Waals surface area contributed by atoms with Crippen LogP contribution in [0.15, 0.2) is 47.3 Å². The minimum absolute atomic E-state index is 0.0323. The number of aromatic nitrogens is 2. The number of amides is 1. The fourth-order valence-electron chi connectivity index (χ4n) is 4.68. The summed E-state index contributed by atoms with van der Waals surface area (Å²) in [6, 6.07) is 14.3. The molecular weight excluding hydrogens is 390 g/mol. The van der Waals surface area contributed by atoms with Gasteiger partial charge in [0.25, 0.3) is 0 Å². The molecule has 1 amide bonds. The van der Waals surface area contributed by atoms with Gasteiger partial charge in [0.1, 0.15) is 5.75 Å². The van der Waals surface area contributed by atoms with Crippen LogP contribution in [0.25, 0.3) is 11.0 Å². The van der Waals surface area contributed by atoms with Gasteiger partial charge in [-0.15, -0.1) is 0 Å². The quantitative estimate of drug-likeness (QED) is 0.627. The lowest BCUT2D eigenvalue weighted by molar-refractivity contribution is -0.133. The number of imidazole rings is 1. The van der Waals surface area contributed by atoms with Gasteiger partial charge in [-0.2, -0.15) is 0 Å². The molecule has 0 unspecified atom stereocenters. The molecule has 1 aromatic heterocycles. The maximum absolute atomic E-state index is 13.3. The predicted octanol–water partition coefficient (Wildman–Crippen LogP) is 3.96. The zero-order chi connectivity index (χ0) is 22.0. The van der Waals surface area contributed by atoms with Gasteiger partial charge in [-0.05, 0) is 54.7 Å². The van der Waals surface area contributed by atoms with Crippen LogP contribution in [0.5, 0.6) is 5.75 Å². The van der Waals surface area contributed by atoms with Crippen LogP contribution in [0.2, 0.25) is 0 Å². The Morgan fingerprint density at radius 2 is 1.74 bits per heavy atom. The van der Waals surface area contributed by atoms with E-state index in [1.807, 2.05) is 30.3 Å². The zero-order valence-electron chi connectivity index (χ0n) is 18.6. The van der Waals surface area contributed by atoms with E-state index in [0.29, 0.717) is 12.8 Å². The van der Waals surface area contributed by atoms with E-state index >= 15 is 0 Å². The Kier molecular flexibility index (Phi) is 6.16. The average molecular weight is 422 g/mol. The highest BCUT2D eigenvalue weighted by Gasteiger charge is 2.26. The standard InChI is InChI=1S/C25H31N3O3/c1-26-22-14-8-18(17-23(22)27(2)25(26)30)9-15-24(29)28-16-6-4-5-7-21(28)19-10-12-20(31-3)13-11-19/h8,10-14,17,21H,4-7,9,15-16H2,1-3H3/t21-/m1/s1. The summed E-state index contributed by atoms with van der Waals surface area (Å²) in [5, 5.41) is 0. The van der Waals surface area contributed by atoms with E-state index in [4.69, 9.17) is 4.74 Å². The molecule has 0 radical (unpaired) electrons. The molecule has 6 nitrogen and oxygen atoms in total. The molecule has 1 aliphatic rings. The number of rotatable bonds is 5. The van der Waals surface area contributed by atoms with E-state index in [0.717, 1.165) is 54.6 Å². The lowest BCUT2D eigenvalue weighted by Gasteiger charge is -2.31. The Balaban J connectivity index is 1.50. The second-order valence-corrected chi connectivity index (χ2v) is 8.45. The van der Waals surface area contributed by atoms with Crippen LogP contribution in [0, 0.1) is 0 Å². The number of hydrogen-bond donors (Lipinski definition) is 0. The molecule has 6 heteroatoms. The third kappa shape index (κ3) is 4.24. The maximum Gasteiger partial charge on any atom is 0.328 e. The summed E-state index contributed by atoms with van der Waals surface area (Å²) in [7, 11) is 5.24. The van der Waals surface area contributed by atoms with Gasteiger partial charge in [-0.3, -0.25) is 13.9 Å². The molecule has 0 aliphatic carbocycles. The highest BCUT2D eigenvalue weighted by Crippen LogP contribution is 2.32. The van der Waals surface area contributed by atoms with Crippen molar-refractivity contribution in [3.05, 3.63) is 64.1 Å².